The Hall–Kier alpha value is -2.47. The number of hydrogen-bond donors (Lipinski definition) is 1. The minimum absolute atomic E-state index is 0.0513. The average molecular weight is 329 g/mol. The molecule has 0 amide bonds. The third kappa shape index (κ3) is 3.03. The molecule has 2 aromatic heterocycles. The first-order valence-corrected chi connectivity index (χ1v) is 8.02. The number of pyridine rings is 1. The van der Waals surface area contributed by atoms with Gasteiger partial charge in [-0.05, 0) is 44.2 Å². The maximum Gasteiger partial charge on any atom is 0.250 e. The Kier molecular flexibility index (Phi) is 4.00. The molecule has 118 valence electrons. The fourth-order valence-corrected chi connectivity index (χ4v) is 3.22. The summed E-state index contributed by atoms with van der Waals surface area (Å²) in [5.41, 5.74) is 8.18. The maximum absolute atomic E-state index is 13.1. The van der Waals surface area contributed by atoms with Crippen molar-refractivity contribution in [3.63, 3.8) is 0 Å². The Bertz CT molecular complexity index is 897. The normalized spacial score (nSPS) is 11.1. The Labute approximate surface area is 137 Å². The fourth-order valence-electron chi connectivity index (χ4n) is 2.38. The van der Waals surface area contributed by atoms with E-state index in [-0.39, 0.29) is 17.4 Å². The molecule has 2 N–H and O–H groups in total. The van der Waals surface area contributed by atoms with Gasteiger partial charge in [0.15, 0.2) is 5.13 Å². The zero-order valence-corrected chi connectivity index (χ0v) is 13.6. The number of aromatic nitrogens is 2. The fraction of sp³-hybridized carbons (Fsp3) is 0.176. The number of hydrogen-bond acceptors (Lipinski definition) is 4. The van der Waals surface area contributed by atoms with E-state index in [9.17, 15) is 9.18 Å². The van der Waals surface area contributed by atoms with E-state index in [1.165, 1.54) is 23.5 Å². The van der Waals surface area contributed by atoms with Gasteiger partial charge < -0.3 is 10.3 Å². The molecule has 0 atom stereocenters. The lowest BCUT2D eigenvalue weighted by Gasteiger charge is -2.11. The quantitative estimate of drug-likeness (QED) is 0.791. The highest BCUT2D eigenvalue weighted by molar-refractivity contribution is 7.19. The van der Waals surface area contributed by atoms with Crippen molar-refractivity contribution in [3.8, 4) is 21.7 Å². The molecule has 3 aromatic rings. The molecule has 0 radical (unpaired) electrons. The summed E-state index contributed by atoms with van der Waals surface area (Å²) < 4.78 is 14.8. The number of halogens is 1. The average Bonchev–Trinajstić information content (AvgIpc) is 2.90. The van der Waals surface area contributed by atoms with Gasteiger partial charge in [-0.2, -0.15) is 0 Å². The second kappa shape index (κ2) is 5.96. The number of benzene rings is 1. The van der Waals surface area contributed by atoms with Gasteiger partial charge in [0.1, 0.15) is 5.82 Å². The number of thiazole rings is 1. The molecule has 0 aliphatic rings. The third-order valence-electron chi connectivity index (χ3n) is 3.52. The van der Waals surface area contributed by atoms with Crippen LogP contribution in [0, 0.1) is 5.82 Å². The lowest BCUT2D eigenvalue weighted by atomic mass is 10.1. The first-order valence-electron chi connectivity index (χ1n) is 7.20. The number of anilines is 1. The van der Waals surface area contributed by atoms with Crippen LogP contribution in [0.25, 0.3) is 21.7 Å². The smallest absolute Gasteiger partial charge is 0.250 e. The highest BCUT2D eigenvalue weighted by Gasteiger charge is 2.15. The van der Waals surface area contributed by atoms with Crippen molar-refractivity contribution in [2.45, 2.75) is 19.9 Å². The van der Waals surface area contributed by atoms with Crippen molar-refractivity contribution >= 4 is 16.5 Å². The highest BCUT2D eigenvalue weighted by atomic mass is 32.1. The van der Waals surface area contributed by atoms with Gasteiger partial charge in [-0.25, -0.2) is 9.37 Å². The van der Waals surface area contributed by atoms with Crippen molar-refractivity contribution in [1.82, 2.24) is 9.55 Å². The molecule has 1 aromatic carbocycles. The molecule has 0 bridgehead atoms. The van der Waals surface area contributed by atoms with E-state index in [4.69, 9.17) is 5.73 Å². The van der Waals surface area contributed by atoms with Crippen LogP contribution in [0.2, 0.25) is 0 Å². The second-order valence-corrected chi connectivity index (χ2v) is 6.52. The lowest BCUT2D eigenvalue weighted by Crippen LogP contribution is -2.20. The summed E-state index contributed by atoms with van der Waals surface area (Å²) in [7, 11) is 0. The van der Waals surface area contributed by atoms with Crippen molar-refractivity contribution < 1.29 is 4.39 Å². The van der Waals surface area contributed by atoms with Crippen LogP contribution < -0.4 is 11.3 Å². The minimum atomic E-state index is -0.299. The van der Waals surface area contributed by atoms with Crippen molar-refractivity contribution in [2.75, 3.05) is 5.73 Å². The number of rotatable bonds is 3. The summed E-state index contributed by atoms with van der Waals surface area (Å²) in [6.07, 6.45) is 1.81. The largest absolute Gasteiger partial charge is 0.375 e. The number of nitrogen functional groups attached to an aromatic ring is 1. The molecule has 0 fully saturated rings. The van der Waals surface area contributed by atoms with Crippen LogP contribution >= 0.6 is 11.3 Å². The highest BCUT2D eigenvalue weighted by Crippen LogP contribution is 2.37. The van der Waals surface area contributed by atoms with Crippen LogP contribution in [0.4, 0.5) is 9.52 Å². The van der Waals surface area contributed by atoms with Crippen LogP contribution in [0.1, 0.15) is 19.9 Å². The topological polar surface area (TPSA) is 60.9 Å². The van der Waals surface area contributed by atoms with E-state index in [0.29, 0.717) is 10.8 Å². The first-order chi connectivity index (χ1) is 11.0. The standard InChI is InChI=1S/C17H16FN3OS/c1-10(2)21-9-12(5-8-14(21)22)16-15(20-17(19)23-16)11-3-6-13(18)7-4-11/h3-10H,1-2H3,(H2,19,20). The van der Waals surface area contributed by atoms with Crippen molar-refractivity contribution in [3.05, 3.63) is 58.8 Å². The molecule has 3 rings (SSSR count). The predicted octanol–water partition coefficient (Wildman–Crippen LogP) is 3.94. The Morgan fingerprint density at radius 2 is 1.78 bits per heavy atom. The summed E-state index contributed by atoms with van der Waals surface area (Å²) in [6.45, 7) is 3.90. The number of nitrogens with zero attached hydrogens (tertiary/aromatic N) is 2. The van der Waals surface area contributed by atoms with Crippen LogP contribution in [-0.2, 0) is 0 Å². The molecular weight excluding hydrogens is 313 g/mol. The SMILES string of the molecule is CC(C)n1cc(-c2sc(N)nc2-c2ccc(F)cc2)ccc1=O. The molecular formula is C17H16FN3OS. The van der Waals surface area contributed by atoms with Gasteiger partial charge in [-0.3, -0.25) is 4.79 Å². The molecule has 0 saturated heterocycles. The maximum atomic E-state index is 13.1. The van der Waals surface area contributed by atoms with Gasteiger partial charge >= 0.3 is 0 Å². The van der Waals surface area contributed by atoms with Gasteiger partial charge in [-0.1, -0.05) is 11.3 Å². The van der Waals surface area contributed by atoms with Crippen LogP contribution in [0.15, 0.2) is 47.4 Å². The van der Waals surface area contributed by atoms with E-state index < -0.39 is 0 Å². The molecule has 0 spiro atoms. The summed E-state index contributed by atoms with van der Waals surface area (Å²) in [4.78, 5) is 17.2. The summed E-state index contributed by atoms with van der Waals surface area (Å²) in [5, 5.41) is 0.432. The van der Waals surface area contributed by atoms with Gasteiger partial charge in [0, 0.05) is 29.4 Å². The van der Waals surface area contributed by atoms with Gasteiger partial charge in [0.25, 0.3) is 5.56 Å². The molecule has 0 saturated carbocycles. The van der Waals surface area contributed by atoms with Crippen molar-refractivity contribution in [1.29, 1.82) is 0 Å². The molecule has 4 nitrogen and oxygen atoms in total. The molecule has 6 heteroatoms. The van der Waals surface area contributed by atoms with Crippen LogP contribution in [-0.4, -0.2) is 9.55 Å². The number of nitrogens with two attached hydrogens (primary N) is 1. The molecule has 2 heterocycles. The van der Waals surface area contributed by atoms with Crippen LogP contribution in [0.3, 0.4) is 0 Å². The molecule has 0 aliphatic heterocycles. The Balaban J connectivity index is 2.16. The molecule has 0 aliphatic carbocycles. The van der Waals surface area contributed by atoms with E-state index in [1.54, 1.807) is 28.8 Å². The monoisotopic (exact) mass is 329 g/mol. The van der Waals surface area contributed by atoms with E-state index in [0.717, 1.165) is 16.0 Å². The Morgan fingerprint density at radius 1 is 1.13 bits per heavy atom. The predicted molar refractivity (Wildman–Crippen MR) is 92.0 cm³/mol. The van der Waals surface area contributed by atoms with Gasteiger partial charge in [0.2, 0.25) is 0 Å². The van der Waals surface area contributed by atoms with Gasteiger partial charge in [0.05, 0.1) is 10.6 Å². The zero-order valence-electron chi connectivity index (χ0n) is 12.8. The minimum Gasteiger partial charge on any atom is -0.375 e. The van der Waals surface area contributed by atoms with E-state index >= 15 is 0 Å². The zero-order chi connectivity index (χ0) is 16.6. The molecule has 23 heavy (non-hydrogen) atoms. The summed E-state index contributed by atoms with van der Waals surface area (Å²) in [5.74, 6) is -0.299. The van der Waals surface area contributed by atoms with E-state index in [2.05, 4.69) is 4.98 Å². The Morgan fingerprint density at radius 3 is 2.43 bits per heavy atom. The van der Waals surface area contributed by atoms with E-state index in [1.807, 2.05) is 20.0 Å². The third-order valence-corrected chi connectivity index (χ3v) is 4.45. The second-order valence-electron chi connectivity index (χ2n) is 5.49. The first kappa shape index (κ1) is 15.4. The lowest BCUT2D eigenvalue weighted by molar-refractivity contribution is 0.579. The van der Waals surface area contributed by atoms with Gasteiger partial charge in [-0.15, -0.1) is 0 Å². The summed E-state index contributed by atoms with van der Waals surface area (Å²) >= 11 is 1.35. The van der Waals surface area contributed by atoms with Crippen LogP contribution in [0.5, 0.6) is 0 Å². The summed E-state index contributed by atoms with van der Waals surface area (Å²) in [6, 6.07) is 9.49. The molecule has 0 unspecified atom stereocenters. The van der Waals surface area contributed by atoms with Crippen molar-refractivity contribution in [2.24, 2.45) is 0 Å².